The van der Waals surface area contributed by atoms with Gasteiger partial charge in [0.2, 0.25) is 11.8 Å². The van der Waals surface area contributed by atoms with Gasteiger partial charge >= 0.3 is 12.1 Å². The number of halogens is 3. The molecular weight excluding hydrogens is 603 g/mol. The molecule has 1 aromatic heterocycles. The molecule has 1 aromatic carbocycles. The summed E-state index contributed by atoms with van der Waals surface area (Å²) in [5.74, 6) is -1.02. The number of fused-ring (bicyclic) bond motifs is 2. The van der Waals surface area contributed by atoms with Crippen molar-refractivity contribution in [1.29, 1.82) is 0 Å². The molecule has 2 saturated heterocycles. The van der Waals surface area contributed by atoms with E-state index in [1.807, 2.05) is 0 Å². The average Bonchev–Trinajstić information content (AvgIpc) is 3.57. The monoisotopic (exact) mass is 641 g/mol. The Labute approximate surface area is 265 Å². The van der Waals surface area contributed by atoms with Gasteiger partial charge < -0.3 is 24.4 Å². The molecule has 5 atom stereocenters. The number of ether oxygens (including phenoxy) is 2. The van der Waals surface area contributed by atoms with Crippen LogP contribution in [0.25, 0.3) is 6.08 Å². The first kappa shape index (κ1) is 32.2. The highest BCUT2D eigenvalue weighted by molar-refractivity contribution is 5.94. The number of amides is 2. The van der Waals surface area contributed by atoms with Crippen molar-refractivity contribution in [2.45, 2.75) is 50.9 Å². The number of carbonyl (C=O) groups excluding carboxylic acids is 2. The first-order valence-electron chi connectivity index (χ1n) is 15.7. The normalized spacial score (nSPS) is 27.9. The first-order chi connectivity index (χ1) is 22.0. The third-order valence-corrected chi connectivity index (χ3v) is 10.3. The molecule has 0 radical (unpaired) electrons. The van der Waals surface area contributed by atoms with Crippen molar-refractivity contribution in [1.82, 2.24) is 14.8 Å². The number of likely N-dealkylation sites (tertiary alicyclic amines) is 1. The van der Waals surface area contributed by atoms with Gasteiger partial charge in [-0.1, -0.05) is 12.1 Å². The van der Waals surface area contributed by atoms with Gasteiger partial charge in [-0.15, -0.1) is 0 Å². The summed E-state index contributed by atoms with van der Waals surface area (Å²) < 4.78 is 51.7. The third kappa shape index (κ3) is 6.42. The van der Waals surface area contributed by atoms with E-state index >= 15 is 0 Å². The summed E-state index contributed by atoms with van der Waals surface area (Å²) in [5.41, 5.74) is -0.0267. The molecule has 0 spiro atoms. The number of pyridine rings is 1. The molecule has 4 aliphatic rings. The number of rotatable bonds is 7. The van der Waals surface area contributed by atoms with E-state index < -0.39 is 23.1 Å². The Morgan fingerprint density at radius 2 is 2.04 bits per heavy atom. The standard InChI is InChI=1S/C34H38F3N3O6/c1-45-29-19-46-10-8-23(29)12-22-13-27-18-40(30(41)6-5-21-3-2-4-24(11-21)31(42)43)20-33(27,15-22)32(44)39-9-7-28-25(17-39)14-26(16-38-28)34(35,36)37/h2-6,11,14,16,22-23,27,29H,7-10,12-13,15,17-20H2,1H3,(H,42,43)/b6-5+/t22-,23?,27+,29?,33+/m1/s1. The zero-order valence-electron chi connectivity index (χ0n) is 25.7. The van der Waals surface area contributed by atoms with Crippen molar-refractivity contribution in [2.75, 3.05) is 40.0 Å². The molecule has 46 heavy (non-hydrogen) atoms. The molecule has 3 fully saturated rings. The van der Waals surface area contributed by atoms with Gasteiger partial charge in [-0.05, 0) is 78.8 Å². The van der Waals surface area contributed by atoms with E-state index in [0.29, 0.717) is 61.9 Å². The third-order valence-electron chi connectivity index (χ3n) is 10.3. The molecule has 1 N–H and O–H groups in total. The maximum atomic E-state index is 14.5. The summed E-state index contributed by atoms with van der Waals surface area (Å²) in [5, 5.41) is 9.29. The predicted octanol–water partition coefficient (Wildman–Crippen LogP) is 4.69. The van der Waals surface area contributed by atoms with Crippen LogP contribution in [0, 0.1) is 23.2 Å². The van der Waals surface area contributed by atoms with E-state index in [0.717, 1.165) is 31.5 Å². The summed E-state index contributed by atoms with van der Waals surface area (Å²) >= 11 is 0. The van der Waals surface area contributed by atoms with E-state index in [1.165, 1.54) is 18.2 Å². The molecule has 246 valence electrons. The van der Waals surface area contributed by atoms with Crippen molar-refractivity contribution in [2.24, 2.45) is 23.2 Å². The van der Waals surface area contributed by atoms with Crippen molar-refractivity contribution in [3.05, 3.63) is 70.6 Å². The van der Waals surface area contributed by atoms with E-state index in [4.69, 9.17) is 9.47 Å². The number of aromatic carboxylic acids is 1. The highest BCUT2D eigenvalue weighted by Gasteiger charge is 2.59. The number of carbonyl (C=O) groups is 3. The summed E-state index contributed by atoms with van der Waals surface area (Å²) in [7, 11) is 1.68. The Morgan fingerprint density at radius 1 is 1.22 bits per heavy atom. The van der Waals surface area contributed by atoms with Crippen LogP contribution in [0.5, 0.6) is 0 Å². The van der Waals surface area contributed by atoms with Gasteiger partial charge in [-0.3, -0.25) is 14.6 Å². The zero-order valence-corrected chi connectivity index (χ0v) is 25.7. The number of hydrogen-bond acceptors (Lipinski definition) is 6. The van der Waals surface area contributed by atoms with Crippen LogP contribution in [0.15, 0.2) is 42.6 Å². The van der Waals surface area contributed by atoms with Crippen LogP contribution in [0.2, 0.25) is 0 Å². The zero-order chi connectivity index (χ0) is 32.6. The van der Waals surface area contributed by atoms with Crippen LogP contribution in [0.1, 0.15) is 58.4 Å². The highest BCUT2D eigenvalue weighted by Crippen LogP contribution is 2.54. The van der Waals surface area contributed by atoms with Crippen molar-refractivity contribution >= 4 is 23.9 Å². The predicted molar refractivity (Wildman–Crippen MR) is 160 cm³/mol. The van der Waals surface area contributed by atoms with E-state index in [-0.39, 0.29) is 48.4 Å². The maximum absolute atomic E-state index is 14.5. The highest BCUT2D eigenvalue weighted by atomic mass is 19.4. The van der Waals surface area contributed by atoms with Crippen molar-refractivity contribution in [3.8, 4) is 0 Å². The number of methoxy groups -OCH3 is 1. The number of aromatic nitrogens is 1. The second-order valence-corrected chi connectivity index (χ2v) is 13.1. The SMILES string of the molecule is COC1COCCC1C[C@@H]1C[C@H]2CN(C(=O)/C=C/c3cccc(C(=O)O)c3)C[C@@]2(C(=O)N2CCc3ncc(C(F)(F)F)cc3C2)C1. The molecule has 12 heteroatoms. The number of hydrogen-bond donors (Lipinski definition) is 1. The van der Waals surface area contributed by atoms with Gasteiger partial charge in [-0.25, -0.2) is 4.79 Å². The smallest absolute Gasteiger partial charge is 0.417 e. The minimum absolute atomic E-state index is 0.0161. The lowest BCUT2D eigenvalue weighted by Crippen LogP contribution is -2.49. The van der Waals surface area contributed by atoms with Crippen molar-refractivity contribution in [3.63, 3.8) is 0 Å². The number of alkyl halides is 3. The topological polar surface area (TPSA) is 109 Å². The quantitative estimate of drug-likeness (QED) is 0.437. The van der Waals surface area contributed by atoms with Gasteiger partial charge in [0.25, 0.3) is 0 Å². The van der Waals surface area contributed by atoms with Crippen LogP contribution in [-0.2, 0) is 38.2 Å². The Hall–Kier alpha value is -3.77. The molecule has 6 rings (SSSR count). The van der Waals surface area contributed by atoms with E-state index in [2.05, 4.69) is 4.98 Å². The summed E-state index contributed by atoms with van der Waals surface area (Å²) in [6, 6.07) is 7.37. The minimum Gasteiger partial charge on any atom is -0.478 e. The van der Waals surface area contributed by atoms with Gasteiger partial charge in [-0.2, -0.15) is 13.2 Å². The molecule has 3 aliphatic heterocycles. The fourth-order valence-electron chi connectivity index (χ4n) is 8.02. The largest absolute Gasteiger partial charge is 0.478 e. The average molecular weight is 642 g/mol. The second-order valence-electron chi connectivity index (χ2n) is 13.1. The summed E-state index contributed by atoms with van der Waals surface area (Å²) in [6.45, 7) is 2.21. The van der Waals surface area contributed by atoms with Crippen LogP contribution >= 0.6 is 0 Å². The fraction of sp³-hybridized carbons (Fsp3) is 0.529. The molecule has 1 aliphatic carbocycles. The van der Waals surface area contributed by atoms with Crippen molar-refractivity contribution < 1.29 is 42.1 Å². The fourth-order valence-corrected chi connectivity index (χ4v) is 8.02. The first-order valence-corrected chi connectivity index (χ1v) is 15.7. The molecule has 4 heterocycles. The summed E-state index contributed by atoms with van der Waals surface area (Å²) in [6.07, 6.45) is 2.74. The number of benzene rings is 1. The lowest BCUT2D eigenvalue weighted by molar-refractivity contribution is -0.144. The van der Waals surface area contributed by atoms with Crippen LogP contribution in [-0.4, -0.2) is 83.7 Å². The second kappa shape index (κ2) is 12.8. The number of carboxylic acids is 1. The number of carboxylic acid groups (broad SMARTS) is 1. The van der Waals surface area contributed by atoms with Gasteiger partial charge in [0.15, 0.2) is 0 Å². The molecule has 9 nitrogen and oxygen atoms in total. The Morgan fingerprint density at radius 3 is 2.80 bits per heavy atom. The van der Waals surface area contributed by atoms with Crippen LogP contribution in [0.4, 0.5) is 13.2 Å². The van der Waals surface area contributed by atoms with Gasteiger partial charge in [0.1, 0.15) is 0 Å². The minimum atomic E-state index is -4.53. The Bertz CT molecular complexity index is 1530. The lowest BCUT2D eigenvalue weighted by Gasteiger charge is -2.37. The Kier molecular flexibility index (Phi) is 8.95. The van der Waals surface area contributed by atoms with Gasteiger partial charge in [0, 0.05) is 64.3 Å². The molecule has 2 unspecified atom stereocenters. The molecule has 2 aromatic rings. The molecular formula is C34H38F3N3O6. The Balaban J connectivity index is 1.23. The van der Waals surface area contributed by atoms with Crippen LogP contribution < -0.4 is 0 Å². The summed E-state index contributed by atoms with van der Waals surface area (Å²) in [4.78, 5) is 46.7. The molecule has 2 amide bonds. The van der Waals surface area contributed by atoms with E-state index in [9.17, 15) is 32.7 Å². The van der Waals surface area contributed by atoms with Crippen LogP contribution in [0.3, 0.4) is 0 Å². The molecule has 0 bridgehead atoms. The maximum Gasteiger partial charge on any atom is 0.417 e. The molecule has 1 saturated carbocycles. The van der Waals surface area contributed by atoms with Gasteiger partial charge in [0.05, 0.1) is 29.3 Å². The lowest BCUT2D eigenvalue weighted by atomic mass is 9.78. The number of nitrogens with zero attached hydrogens (tertiary/aromatic N) is 3. The van der Waals surface area contributed by atoms with E-state index in [1.54, 1.807) is 35.1 Å².